The van der Waals surface area contributed by atoms with E-state index in [1.807, 2.05) is 13.2 Å². The van der Waals surface area contributed by atoms with Gasteiger partial charge in [-0.1, -0.05) is 0 Å². The number of nitrogens with one attached hydrogen (secondary N) is 1. The molecule has 0 saturated carbocycles. The number of amides is 1. The SMILES string of the molecule is Cn1cc(CNC(=O)Cc2ccc(N)cn2)cn1. The molecule has 6 nitrogen and oxygen atoms in total. The average molecular weight is 245 g/mol. The second-order valence-corrected chi connectivity index (χ2v) is 4.06. The normalized spacial score (nSPS) is 10.3. The number of anilines is 1. The molecule has 3 N–H and O–H groups in total. The van der Waals surface area contributed by atoms with Gasteiger partial charge in [0.1, 0.15) is 0 Å². The van der Waals surface area contributed by atoms with Crippen molar-refractivity contribution < 1.29 is 4.79 Å². The van der Waals surface area contributed by atoms with Gasteiger partial charge in [0.25, 0.3) is 0 Å². The first-order valence-electron chi connectivity index (χ1n) is 5.58. The summed E-state index contributed by atoms with van der Waals surface area (Å²) in [5.41, 5.74) is 7.78. The van der Waals surface area contributed by atoms with Crippen LogP contribution in [-0.2, 0) is 24.8 Å². The minimum atomic E-state index is -0.0730. The van der Waals surface area contributed by atoms with E-state index >= 15 is 0 Å². The van der Waals surface area contributed by atoms with Gasteiger partial charge in [-0.25, -0.2) is 0 Å². The zero-order valence-electron chi connectivity index (χ0n) is 10.1. The predicted octanol–water partition coefficient (Wildman–Crippen LogP) is 0.256. The lowest BCUT2D eigenvalue weighted by Crippen LogP contribution is -2.24. The van der Waals surface area contributed by atoms with Gasteiger partial charge in [-0.15, -0.1) is 0 Å². The molecule has 0 radical (unpaired) electrons. The Morgan fingerprint density at radius 2 is 2.28 bits per heavy atom. The maximum absolute atomic E-state index is 11.7. The Hall–Kier alpha value is -2.37. The van der Waals surface area contributed by atoms with Crippen LogP contribution in [0.4, 0.5) is 5.69 Å². The number of rotatable bonds is 4. The molecule has 0 fully saturated rings. The van der Waals surface area contributed by atoms with E-state index in [2.05, 4.69) is 15.4 Å². The van der Waals surface area contributed by atoms with E-state index in [-0.39, 0.29) is 12.3 Å². The fourth-order valence-electron chi connectivity index (χ4n) is 1.53. The maximum atomic E-state index is 11.7. The van der Waals surface area contributed by atoms with Gasteiger partial charge in [-0.05, 0) is 12.1 Å². The van der Waals surface area contributed by atoms with Crippen LogP contribution in [0.5, 0.6) is 0 Å². The lowest BCUT2D eigenvalue weighted by atomic mass is 10.2. The number of hydrogen-bond donors (Lipinski definition) is 2. The van der Waals surface area contributed by atoms with Crippen LogP contribution in [0.2, 0.25) is 0 Å². The molecule has 0 saturated heterocycles. The average Bonchev–Trinajstić information content (AvgIpc) is 2.76. The Balaban J connectivity index is 1.83. The molecule has 0 unspecified atom stereocenters. The third-order valence-corrected chi connectivity index (χ3v) is 2.44. The highest BCUT2D eigenvalue weighted by molar-refractivity contribution is 5.78. The van der Waals surface area contributed by atoms with E-state index in [4.69, 9.17) is 5.73 Å². The minimum Gasteiger partial charge on any atom is -0.397 e. The molecule has 18 heavy (non-hydrogen) atoms. The Bertz CT molecular complexity index is 532. The van der Waals surface area contributed by atoms with Gasteiger partial charge in [0, 0.05) is 31.0 Å². The van der Waals surface area contributed by atoms with Crippen LogP contribution in [0, 0.1) is 0 Å². The van der Waals surface area contributed by atoms with Crippen molar-refractivity contribution in [3.63, 3.8) is 0 Å². The highest BCUT2D eigenvalue weighted by Crippen LogP contribution is 2.02. The van der Waals surface area contributed by atoms with Crippen molar-refractivity contribution in [3.8, 4) is 0 Å². The van der Waals surface area contributed by atoms with Crippen LogP contribution in [0.3, 0.4) is 0 Å². The van der Waals surface area contributed by atoms with Gasteiger partial charge < -0.3 is 11.1 Å². The summed E-state index contributed by atoms with van der Waals surface area (Å²) >= 11 is 0. The Labute approximate surface area is 105 Å². The van der Waals surface area contributed by atoms with Gasteiger partial charge in [-0.2, -0.15) is 5.10 Å². The second kappa shape index (κ2) is 5.31. The molecule has 0 aliphatic heterocycles. The summed E-state index contributed by atoms with van der Waals surface area (Å²) in [5, 5.41) is 6.84. The first kappa shape index (κ1) is 12.1. The zero-order valence-corrected chi connectivity index (χ0v) is 10.1. The first-order chi connectivity index (χ1) is 8.63. The quantitative estimate of drug-likeness (QED) is 0.808. The molecule has 0 bridgehead atoms. The molecule has 0 aliphatic rings. The van der Waals surface area contributed by atoms with Crippen molar-refractivity contribution in [1.82, 2.24) is 20.1 Å². The summed E-state index contributed by atoms with van der Waals surface area (Å²) in [4.78, 5) is 15.7. The summed E-state index contributed by atoms with van der Waals surface area (Å²) in [6.07, 6.45) is 5.38. The van der Waals surface area contributed by atoms with E-state index in [9.17, 15) is 4.79 Å². The van der Waals surface area contributed by atoms with Gasteiger partial charge in [0.2, 0.25) is 5.91 Å². The molecule has 0 aliphatic carbocycles. The van der Waals surface area contributed by atoms with Crippen molar-refractivity contribution in [2.24, 2.45) is 7.05 Å². The van der Waals surface area contributed by atoms with Crippen molar-refractivity contribution in [2.75, 3.05) is 5.73 Å². The van der Waals surface area contributed by atoms with Gasteiger partial charge in [0.15, 0.2) is 0 Å². The zero-order chi connectivity index (χ0) is 13.0. The number of pyridine rings is 1. The third kappa shape index (κ3) is 3.31. The molecule has 94 valence electrons. The molecular formula is C12H15N5O. The van der Waals surface area contributed by atoms with E-state index < -0.39 is 0 Å². The predicted molar refractivity (Wildman–Crippen MR) is 67.4 cm³/mol. The minimum absolute atomic E-state index is 0.0730. The highest BCUT2D eigenvalue weighted by atomic mass is 16.1. The second-order valence-electron chi connectivity index (χ2n) is 4.06. The summed E-state index contributed by atoms with van der Waals surface area (Å²) in [5.74, 6) is -0.0730. The van der Waals surface area contributed by atoms with Crippen molar-refractivity contribution in [3.05, 3.63) is 42.0 Å². The van der Waals surface area contributed by atoms with Crippen LogP contribution in [-0.4, -0.2) is 20.7 Å². The maximum Gasteiger partial charge on any atom is 0.226 e. The molecule has 6 heteroatoms. The number of hydrogen-bond acceptors (Lipinski definition) is 4. The first-order valence-corrected chi connectivity index (χ1v) is 5.58. The van der Waals surface area contributed by atoms with Crippen LogP contribution >= 0.6 is 0 Å². The fraction of sp³-hybridized carbons (Fsp3) is 0.250. The van der Waals surface area contributed by atoms with Crippen LogP contribution in [0.1, 0.15) is 11.3 Å². The summed E-state index contributed by atoms with van der Waals surface area (Å²) in [6.45, 7) is 0.474. The number of nitrogen functional groups attached to an aromatic ring is 1. The van der Waals surface area contributed by atoms with E-state index in [1.165, 1.54) is 0 Å². The van der Waals surface area contributed by atoms with Gasteiger partial charge >= 0.3 is 0 Å². The van der Waals surface area contributed by atoms with E-state index in [0.29, 0.717) is 17.9 Å². The van der Waals surface area contributed by atoms with Crippen LogP contribution < -0.4 is 11.1 Å². The van der Waals surface area contributed by atoms with Crippen LogP contribution in [0.25, 0.3) is 0 Å². The van der Waals surface area contributed by atoms with E-state index in [1.54, 1.807) is 29.2 Å². The Morgan fingerprint density at radius 1 is 1.44 bits per heavy atom. The molecule has 2 aromatic rings. The monoisotopic (exact) mass is 245 g/mol. The van der Waals surface area contributed by atoms with Gasteiger partial charge in [-0.3, -0.25) is 14.5 Å². The molecule has 0 spiro atoms. The van der Waals surface area contributed by atoms with Crippen molar-refractivity contribution in [2.45, 2.75) is 13.0 Å². The van der Waals surface area contributed by atoms with Crippen LogP contribution in [0.15, 0.2) is 30.7 Å². The molecule has 1 amide bonds. The number of aryl methyl sites for hydroxylation is 1. The fourth-order valence-corrected chi connectivity index (χ4v) is 1.53. The lowest BCUT2D eigenvalue weighted by molar-refractivity contribution is -0.120. The summed E-state index contributed by atoms with van der Waals surface area (Å²) < 4.78 is 1.70. The Morgan fingerprint density at radius 3 is 2.89 bits per heavy atom. The smallest absolute Gasteiger partial charge is 0.226 e. The third-order valence-electron chi connectivity index (χ3n) is 2.44. The van der Waals surface area contributed by atoms with Gasteiger partial charge in [0.05, 0.1) is 24.5 Å². The molecule has 2 aromatic heterocycles. The molecule has 2 heterocycles. The largest absolute Gasteiger partial charge is 0.397 e. The summed E-state index contributed by atoms with van der Waals surface area (Å²) in [6, 6.07) is 3.48. The van der Waals surface area contributed by atoms with E-state index in [0.717, 1.165) is 5.56 Å². The number of nitrogens with two attached hydrogens (primary N) is 1. The lowest BCUT2D eigenvalue weighted by Gasteiger charge is -2.03. The standard InChI is InChI=1S/C12H15N5O/c1-17-8-9(6-16-17)5-15-12(18)4-11-3-2-10(13)7-14-11/h2-3,6-8H,4-5,13H2,1H3,(H,15,18). The molecule has 2 rings (SSSR count). The summed E-state index contributed by atoms with van der Waals surface area (Å²) in [7, 11) is 1.84. The topological polar surface area (TPSA) is 85.8 Å². The van der Waals surface area contributed by atoms with Crippen molar-refractivity contribution >= 4 is 11.6 Å². The van der Waals surface area contributed by atoms with Crippen molar-refractivity contribution in [1.29, 1.82) is 0 Å². The molecular weight excluding hydrogens is 230 g/mol. The number of nitrogens with zero attached hydrogens (tertiary/aromatic N) is 3. The number of aromatic nitrogens is 3. The molecule has 0 aromatic carbocycles. The number of carbonyl (C=O) groups is 1. The Kier molecular flexibility index (Phi) is 3.57. The highest BCUT2D eigenvalue weighted by Gasteiger charge is 2.05. The number of carbonyl (C=O) groups excluding carboxylic acids is 1. The molecule has 0 atom stereocenters.